The fourth-order valence-corrected chi connectivity index (χ4v) is 3.03. The van der Waals surface area contributed by atoms with Crippen LogP contribution in [0.4, 0.5) is 10.1 Å². The molecule has 0 aliphatic carbocycles. The minimum absolute atomic E-state index is 0.0316. The lowest BCUT2D eigenvalue weighted by Gasteiger charge is -2.17. The van der Waals surface area contributed by atoms with Crippen molar-refractivity contribution in [2.24, 2.45) is 0 Å². The van der Waals surface area contributed by atoms with E-state index in [0.29, 0.717) is 28.2 Å². The van der Waals surface area contributed by atoms with Crippen LogP contribution in [0.3, 0.4) is 0 Å². The van der Waals surface area contributed by atoms with Crippen LogP contribution < -0.4 is 4.90 Å². The first-order chi connectivity index (χ1) is 14.0. The molecule has 142 valence electrons. The Bertz CT molecular complexity index is 1280. The predicted molar refractivity (Wildman–Crippen MR) is 107 cm³/mol. The molecule has 0 bridgehead atoms. The summed E-state index contributed by atoms with van der Waals surface area (Å²) in [5, 5.41) is 8.94. The van der Waals surface area contributed by atoms with Gasteiger partial charge in [-0.3, -0.25) is 9.20 Å². The maximum Gasteiger partial charge on any atom is 0.278 e. The van der Waals surface area contributed by atoms with Gasteiger partial charge >= 0.3 is 0 Å². The van der Waals surface area contributed by atoms with Gasteiger partial charge in [-0.2, -0.15) is 5.26 Å². The van der Waals surface area contributed by atoms with Gasteiger partial charge in [0.25, 0.3) is 5.91 Å². The van der Waals surface area contributed by atoms with Crippen molar-refractivity contribution in [2.45, 2.75) is 0 Å². The zero-order valence-electron chi connectivity index (χ0n) is 15.2. The lowest BCUT2D eigenvalue weighted by molar-refractivity contribution is 0.0988. The molecule has 0 aliphatic heterocycles. The largest absolute Gasteiger partial charge is 0.310 e. The Morgan fingerprint density at radius 1 is 1.17 bits per heavy atom. The van der Waals surface area contributed by atoms with E-state index in [1.165, 1.54) is 23.2 Å². The lowest BCUT2D eigenvalue weighted by Crippen LogP contribution is -2.27. The van der Waals surface area contributed by atoms with Crippen molar-refractivity contribution in [2.75, 3.05) is 11.9 Å². The molecule has 0 unspecified atom stereocenters. The number of aromatic nitrogens is 3. The van der Waals surface area contributed by atoms with Gasteiger partial charge in [0.05, 0.1) is 34.7 Å². The molecule has 4 rings (SSSR count). The molecule has 2 aromatic carbocycles. The zero-order valence-corrected chi connectivity index (χ0v) is 15.9. The van der Waals surface area contributed by atoms with Gasteiger partial charge in [-0.05, 0) is 36.4 Å². The highest BCUT2D eigenvalue weighted by Gasteiger charge is 2.17. The fraction of sp³-hybridized carbons (Fsp3) is 0.0476. The summed E-state index contributed by atoms with van der Waals surface area (Å²) >= 11 is 5.76. The van der Waals surface area contributed by atoms with Gasteiger partial charge in [0.15, 0.2) is 5.65 Å². The number of carbonyl (C=O) groups excluding carboxylic acids is 1. The standard InChI is InChI=1S/C21H13ClFN5O/c1-27(15-5-2-13(9-24)3-6-15)21(29)18-12-28-19(10-26-20(28)11-25-18)14-4-7-16(22)17(23)8-14/h2-8,10-12H,1H3. The molecule has 4 aromatic rings. The number of benzene rings is 2. The lowest BCUT2D eigenvalue weighted by atomic mass is 10.1. The molecule has 8 heteroatoms. The quantitative estimate of drug-likeness (QED) is 0.508. The third-order valence-electron chi connectivity index (χ3n) is 4.52. The van der Waals surface area contributed by atoms with E-state index in [0.717, 1.165) is 0 Å². The molecule has 0 radical (unpaired) electrons. The highest BCUT2D eigenvalue weighted by Crippen LogP contribution is 2.25. The second kappa shape index (κ2) is 7.34. The molecular formula is C21H13ClFN5O. The second-order valence-electron chi connectivity index (χ2n) is 6.30. The van der Waals surface area contributed by atoms with Gasteiger partial charge in [-0.1, -0.05) is 17.7 Å². The molecular weight excluding hydrogens is 393 g/mol. The molecule has 29 heavy (non-hydrogen) atoms. The third kappa shape index (κ3) is 3.42. The van der Waals surface area contributed by atoms with Crippen molar-refractivity contribution in [1.82, 2.24) is 14.4 Å². The van der Waals surface area contributed by atoms with Crippen molar-refractivity contribution < 1.29 is 9.18 Å². The molecule has 0 saturated heterocycles. The van der Waals surface area contributed by atoms with E-state index in [-0.39, 0.29) is 16.6 Å². The highest BCUT2D eigenvalue weighted by molar-refractivity contribution is 6.30. The summed E-state index contributed by atoms with van der Waals surface area (Å²) in [5.41, 5.74) is 3.03. The van der Waals surface area contributed by atoms with Crippen LogP contribution in [0.2, 0.25) is 5.02 Å². The molecule has 2 heterocycles. The number of imidazole rings is 1. The molecule has 1 amide bonds. The van der Waals surface area contributed by atoms with Gasteiger partial charge < -0.3 is 4.90 Å². The minimum atomic E-state index is -0.537. The van der Waals surface area contributed by atoms with E-state index in [1.54, 1.807) is 54.2 Å². The number of fused-ring (bicyclic) bond motifs is 1. The van der Waals surface area contributed by atoms with Crippen LogP contribution in [0.25, 0.3) is 16.9 Å². The summed E-state index contributed by atoms with van der Waals surface area (Å²) in [6.45, 7) is 0. The normalized spacial score (nSPS) is 10.7. The minimum Gasteiger partial charge on any atom is -0.310 e. The van der Waals surface area contributed by atoms with Crippen LogP contribution in [0.15, 0.2) is 61.1 Å². The summed E-state index contributed by atoms with van der Waals surface area (Å²) < 4.78 is 15.5. The molecule has 0 fully saturated rings. The molecule has 0 aliphatic rings. The van der Waals surface area contributed by atoms with Crippen molar-refractivity contribution in [3.63, 3.8) is 0 Å². The Labute approximate surface area is 170 Å². The average molecular weight is 406 g/mol. The summed E-state index contributed by atoms with van der Waals surface area (Å²) in [4.78, 5) is 22.8. The molecule has 0 N–H and O–H groups in total. The summed E-state index contributed by atoms with van der Waals surface area (Å²) in [7, 11) is 1.62. The van der Waals surface area contributed by atoms with Crippen LogP contribution in [0.1, 0.15) is 16.1 Å². The average Bonchev–Trinajstić information content (AvgIpc) is 3.18. The van der Waals surface area contributed by atoms with Gasteiger partial charge in [0, 0.05) is 24.5 Å². The predicted octanol–water partition coefficient (Wildman–Crippen LogP) is 4.34. The topological polar surface area (TPSA) is 74.3 Å². The number of nitriles is 1. The number of amides is 1. The first kappa shape index (κ1) is 18.6. The summed E-state index contributed by atoms with van der Waals surface area (Å²) in [5.74, 6) is -0.872. The first-order valence-electron chi connectivity index (χ1n) is 8.54. The van der Waals surface area contributed by atoms with E-state index in [2.05, 4.69) is 9.97 Å². The van der Waals surface area contributed by atoms with E-state index in [9.17, 15) is 9.18 Å². The van der Waals surface area contributed by atoms with Crippen molar-refractivity contribution in [1.29, 1.82) is 5.26 Å². The van der Waals surface area contributed by atoms with E-state index >= 15 is 0 Å². The SMILES string of the molecule is CN(C(=O)c1cn2c(-c3ccc(Cl)c(F)c3)cnc2cn1)c1ccc(C#N)cc1. The number of hydrogen-bond donors (Lipinski definition) is 0. The van der Waals surface area contributed by atoms with Gasteiger partial charge in [-0.15, -0.1) is 0 Å². The van der Waals surface area contributed by atoms with Crippen LogP contribution in [-0.2, 0) is 0 Å². The van der Waals surface area contributed by atoms with Crippen LogP contribution in [0.5, 0.6) is 0 Å². The van der Waals surface area contributed by atoms with Crippen LogP contribution in [-0.4, -0.2) is 27.3 Å². The monoisotopic (exact) mass is 405 g/mol. The first-order valence-corrected chi connectivity index (χ1v) is 8.92. The van der Waals surface area contributed by atoms with E-state index < -0.39 is 5.82 Å². The van der Waals surface area contributed by atoms with E-state index in [1.807, 2.05) is 6.07 Å². The Morgan fingerprint density at radius 3 is 2.62 bits per heavy atom. The van der Waals surface area contributed by atoms with Crippen LogP contribution >= 0.6 is 11.6 Å². The van der Waals surface area contributed by atoms with E-state index in [4.69, 9.17) is 16.9 Å². The molecule has 2 aromatic heterocycles. The molecule has 0 spiro atoms. The molecule has 0 atom stereocenters. The number of anilines is 1. The van der Waals surface area contributed by atoms with Crippen LogP contribution in [0, 0.1) is 17.1 Å². The maximum atomic E-state index is 13.9. The number of carbonyl (C=O) groups is 1. The summed E-state index contributed by atoms with van der Waals surface area (Å²) in [6.07, 6.45) is 4.63. The third-order valence-corrected chi connectivity index (χ3v) is 4.83. The van der Waals surface area contributed by atoms with Crippen molar-refractivity contribution >= 4 is 28.8 Å². The Hall–Kier alpha value is -3.76. The second-order valence-corrected chi connectivity index (χ2v) is 6.70. The molecule has 6 nitrogen and oxygen atoms in total. The Kier molecular flexibility index (Phi) is 4.71. The smallest absolute Gasteiger partial charge is 0.278 e. The number of rotatable bonds is 3. The van der Waals surface area contributed by atoms with Crippen molar-refractivity contribution in [3.8, 4) is 17.3 Å². The molecule has 0 saturated carbocycles. The number of halogens is 2. The highest BCUT2D eigenvalue weighted by atomic mass is 35.5. The summed E-state index contributed by atoms with van der Waals surface area (Å²) in [6, 6.07) is 13.2. The van der Waals surface area contributed by atoms with Crippen molar-refractivity contribution in [3.05, 3.63) is 83.2 Å². The Morgan fingerprint density at radius 2 is 1.93 bits per heavy atom. The van der Waals surface area contributed by atoms with Gasteiger partial charge in [-0.25, -0.2) is 14.4 Å². The number of hydrogen-bond acceptors (Lipinski definition) is 4. The zero-order chi connectivity index (χ0) is 20.5. The number of nitrogens with zero attached hydrogens (tertiary/aromatic N) is 5. The van der Waals surface area contributed by atoms with Gasteiger partial charge in [0.2, 0.25) is 0 Å². The van der Waals surface area contributed by atoms with Gasteiger partial charge in [0.1, 0.15) is 11.5 Å². The Balaban J connectivity index is 1.71. The fourth-order valence-electron chi connectivity index (χ4n) is 2.92. The maximum absolute atomic E-state index is 13.9.